The minimum absolute atomic E-state index is 0.183. The Bertz CT molecular complexity index is 853. The van der Waals surface area contributed by atoms with Crippen molar-refractivity contribution in [2.24, 2.45) is 10.7 Å². The van der Waals surface area contributed by atoms with E-state index in [1.807, 2.05) is 7.05 Å². The number of piperazine rings is 1. The Labute approximate surface area is 193 Å². The van der Waals surface area contributed by atoms with Gasteiger partial charge >= 0.3 is 0 Å². The fourth-order valence-corrected chi connectivity index (χ4v) is 4.72. The Kier molecular flexibility index (Phi) is 8.67. The van der Waals surface area contributed by atoms with Gasteiger partial charge in [-0.2, -0.15) is 0 Å². The van der Waals surface area contributed by atoms with Crippen LogP contribution in [0, 0.1) is 0 Å². The van der Waals surface area contributed by atoms with Gasteiger partial charge in [-0.25, -0.2) is 0 Å². The first-order valence-corrected chi connectivity index (χ1v) is 11.8. The van der Waals surface area contributed by atoms with E-state index in [4.69, 9.17) is 10.7 Å². The van der Waals surface area contributed by atoms with E-state index >= 15 is 0 Å². The number of likely N-dealkylation sites (N-methyl/N-ethyl adjacent to an activating group) is 1. The van der Waals surface area contributed by atoms with E-state index in [1.54, 1.807) is 0 Å². The Morgan fingerprint density at radius 2 is 1.75 bits per heavy atom. The average molecular weight is 437 g/mol. The van der Waals surface area contributed by atoms with Crippen molar-refractivity contribution in [3.63, 3.8) is 0 Å². The number of anilines is 2. The lowest BCUT2D eigenvalue weighted by Crippen LogP contribution is -2.53. The van der Waals surface area contributed by atoms with Crippen molar-refractivity contribution in [2.75, 3.05) is 70.6 Å². The third-order valence-electron chi connectivity index (χ3n) is 6.65. The van der Waals surface area contributed by atoms with Crippen LogP contribution in [0.4, 0.5) is 11.4 Å². The van der Waals surface area contributed by atoms with Crippen LogP contribution in [0.2, 0.25) is 0 Å². The molecule has 6 heteroatoms. The molecule has 2 aromatic rings. The normalized spacial score (nSPS) is 16.8. The molecule has 6 nitrogen and oxygen atoms in total. The van der Waals surface area contributed by atoms with E-state index in [0.29, 0.717) is 6.54 Å². The smallest absolute Gasteiger partial charge is 0.0668 e. The maximum atomic E-state index is 5.61. The van der Waals surface area contributed by atoms with Gasteiger partial charge in [0.2, 0.25) is 0 Å². The molecule has 0 bridgehead atoms. The summed E-state index contributed by atoms with van der Waals surface area (Å²) in [6.07, 6.45) is 1.87. The van der Waals surface area contributed by atoms with Gasteiger partial charge in [-0.05, 0) is 62.3 Å². The van der Waals surface area contributed by atoms with Crippen LogP contribution in [-0.4, -0.2) is 76.6 Å². The maximum Gasteiger partial charge on any atom is 0.0668 e. The van der Waals surface area contributed by atoms with Crippen molar-refractivity contribution >= 4 is 17.1 Å². The number of benzene rings is 2. The summed E-state index contributed by atoms with van der Waals surface area (Å²) >= 11 is 0. The van der Waals surface area contributed by atoms with Gasteiger partial charge < -0.3 is 21.3 Å². The lowest BCUT2D eigenvalue weighted by atomic mass is 9.79. The summed E-state index contributed by atoms with van der Waals surface area (Å²) in [7, 11) is 6.26. The highest BCUT2D eigenvalue weighted by atomic mass is 15.2. The monoisotopic (exact) mass is 436 g/mol. The maximum absolute atomic E-state index is 5.61. The Hall–Kier alpha value is -2.41. The lowest BCUT2D eigenvalue weighted by Gasteiger charge is -2.41. The minimum Gasteiger partial charge on any atom is -0.384 e. The van der Waals surface area contributed by atoms with E-state index in [-0.39, 0.29) is 5.54 Å². The van der Waals surface area contributed by atoms with Crippen LogP contribution < -0.4 is 21.3 Å². The molecule has 1 saturated heterocycles. The molecule has 32 heavy (non-hydrogen) atoms. The van der Waals surface area contributed by atoms with Crippen LogP contribution >= 0.6 is 0 Å². The molecule has 2 aromatic carbocycles. The SMILES string of the molecule is CCC(Cc1ccc(NCCN)cc1)(C(=NC)c1ccc(N2CCNCC2)cc1)N(C)C. The molecular weight excluding hydrogens is 396 g/mol. The van der Waals surface area contributed by atoms with Crippen molar-refractivity contribution in [3.05, 3.63) is 59.7 Å². The fourth-order valence-electron chi connectivity index (χ4n) is 4.72. The van der Waals surface area contributed by atoms with Crippen molar-refractivity contribution in [1.82, 2.24) is 10.2 Å². The highest BCUT2D eigenvalue weighted by Gasteiger charge is 2.37. The number of hydrogen-bond acceptors (Lipinski definition) is 6. The zero-order valence-electron chi connectivity index (χ0n) is 20.2. The second-order valence-electron chi connectivity index (χ2n) is 8.72. The van der Waals surface area contributed by atoms with Gasteiger partial charge in [-0.3, -0.25) is 9.89 Å². The Morgan fingerprint density at radius 3 is 2.28 bits per heavy atom. The van der Waals surface area contributed by atoms with Crippen LogP contribution in [0.1, 0.15) is 24.5 Å². The van der Waals surface area contributed by atoms with Crippen molar-refractivity contribution < 1.29 is 0 Å². The number of nitrogens with two attached hydrogens (primary N) is 1. The van der Waals surface area contributed by atoms with Gasteiger partial charge in [0.1, 0.15) is 0 Å². The van der Waals surface area contributed by atoms with Gasteiger partial charge in [0, 0.05) is 57.7 Å². The first-order valence-electron chi connectivity index (χ1n) is 11.8. The second kappa shape index (κ2) is 11.5. The molecule has 0 spiro atoms. The number of rotatable bonds is 10. The number of aliphatic imine (C=N–C) groups is 1. The predicted octanol–water partition coefficient (Wildman–Crippen LogP) is 2.84. The third kappa shape index (κ3) is 5.49. The molecule has 0 saturated carbocycles. The van der Waals surface area contributed by atoms with Gasteiger partial charge in [-0.1, -0.05) is 31.2 Å². The summed E-state index contributed by atoms with van der Waals surface area (Å²) in [5.74, 6) is 0. The highest BCUT2D eigenvalue weighted by molar-refractivity contribution is 6.07. The summed E-state index contributed by atoms with van der Waals surface area (Å²) in [6.45, 7) is 7.88. The lowest BCUT2D eigenvalue weighted by molar-refractivity contribution is 0.221. The molecule has 3 rings (SSSR count). The van der Waals surface area contributed by atoms with E-state index in [2.05, 4.69) is 90.0 Å². The summed E-state index contributed by atoms with van der Waals surface area (Å²) < 4.78 is 0. The fraction of sp³-hybridized carbons (Fsp3) is 0.500. The van der Waals surface area contributed by atoms with Gasteiger partial charge in [0.25, 0.3) is 0 Å². The zero-order valence-corrected chi connectivity index (χ0v) is 20.2. The molecule has 0 radical (unpaired) electrons. The largest absolute Gasteiger partial charge is 0.384 e. The van der Waals surface area contributed by atoms with E-state index in [1.165, 1.54) is 16.8 Å². The van der Waals surface area contributed by atoms with Crippen LogP contribution in [0.15, 0.2) is 53.5 Å². The highest BCUT2D eigenvalue weighted by Crippen LogP contribution is 2.30. The predicted molar refractivity (Wildman–Crippen MR) is 138 cm³/mol. The van der Waals surface area contributed by atoms with Crippen molar-refractivity contribution in [2.45, 2.75) is 25.3 Å². The first-order chi connectivity index (χ1) is 15.5. The Balaban J connectivity index is 1.85. The van der Waals surface area contributed by atoms with E-state index in [0.717, 1.165) is 57.0 Å². The van der Waals surface area contributed by atoms with Gasteiger partial charge in [-0.15, -0.1) is 0 Å². The molecule has 1 aliphatic heterocycles. The summed E-state index contributed by atoms with van der Waals surface area (Å²) in [4.78, 5) is 9.62. The quantitative estimate of drug-likeness (QED) is 0.500. The molecule has 0 aromatic heterocycles. The summed E-state index contributed by atoms with van der Waals surface area (Å²) in [5, 5.41) is 6.77. The molecule has 174 valence electrons. The number of nitrogens with one attached hydrogen (secondary N) is 2. The molecule has 0 amide bonds. The molecule has 1 unspecified atom stereocenters. The molecular formula is C26H40N6. The zero-order chi connectivity index (χ0) is 23.0. The Morgan fingerprint density at radius 1 is 1.09 bits per heavy atom. The topological polar surface area (TPSA) is 68.9 Å². The molecule has 1 heterocycles. The number of hydrogen-bond donors (Lipinski definition) is 3. The van der Waals surface area contributed by atoms with E-state index < -0.39 is 0 Å². The van der Waals surface area contributed by atoms with E-state index in [9.17, 15) is 0 Å². The first kappa shape index (κ1) is 24.2. The standard InChI is InChI=1S/C26H40N6/c1-5-26(31(3)4,20-21-6-10-23(11-7-21)30-15-14-27)25(28-2)22-8-12-24(13-9-22)32-18-16-29-17-19-32/h6-13,29-30H,5,14-20,27H2,1-4H3. The molecule has 1 aliphatic rings. The van der Waals surface area contributed by atoms with Crippen molar-refractivity contribution in [3.8, 4) is 0 Å². The van der Waals surface area contributed by atoms with Gasteiger partial charge in [0.05, 0.1) is 11.3 Å². The third-order valence-corrected chi connectivity index (χ3v) is 6.65. The minimum atomic E-state index is -0.183. The van der Waals surface area contributed by atoms with Crippen LogP contribution in [0.5, 0.6) is 0 Å². The van der Waals surface area contributed by atoms with Crippen LogP contribution in [-0.2, 0) is 6.42 Å². The van der Waals surface area contributed by atoms with Gasteiger partial charge in [0.15, 0.2) is 0 Å². The summed E-state index contributed by atoms with van der Waals surface area (Å²) in [5.41, 5.74) is 11.5. The van der Waals surface area contributed by atoms with Crippen molar-refractivity contribution in [1.29, 1.82) is 0 Å². The molecule has 4 N–H and O–H groups in total. The average Bonchev–Trinajstić information content (AvgIpc) is 2.84. The summed E-state index contributed by atoms with van der Waals surface area (Å²) in [6, 6.07) is 17.7. The second-order valence-corrected chi connectivity index (χ2v) is 8.72. The molecule has 1 fully saturated rings. The molecule has 0 aliphatic carbocycles. The number of nitrogens with zero attached hydrogens (tertiary/aromatic N) is 3. The van der Waals surface area contributed by atoms with Crippen LogP contribution in [0.3, 0.4) is 0 Å². The molecule has 1 atom stereocenters. The van der Waals surface area contributed by atoms with Crippen LogP contribution in [0.25, 0.3) is 0 Å².